The van der Waals surface area contributed by atoms with Crippen molar-refractivity contribution in [3.05, 3.63) is 31.4 Å². The van der Waals surface area contributed by atoms with Crippen molar-refractivity contribution in [3.8, 4) is 5.75 Å². The van der Waals surface area contributed by atoms with Crippen LogP contribution in [0.5, 0.6) is 5.75 Å². The minimum absolute atomic E-state index is 0.0837. The Morgan fingerprint density at radius 2 is 2.19 bits per heavy atom. The minimum Gasteiger partial charge on any atom is -0.494 e. The molecule has 0 aromatic heterocycles. The van der Waals surface area contributed by atoms with E-state index in [0.717, 1.165) is 0 Å². The highest BCUT2D eigenvalue weighted by atomic mass is 127. The highest BCUT2D eigenvalue weighted by Gasteiger charge is 2.22. The predicted molar refractivity (Wildman–Crippen MR) is 67.0 cm³/mol. The van der Waals surface area contributed by atoms with E-state index >= 15 is 0 Å². The largest absolute Gasteiger partial charge is 0.494 e. The molecule has 1 aromatic carbocycles. The average molecular weight is 335 g/mol. The van der Waals surface area contributed by atoms with Crippen LogP contribution in [0.3, 0.4) is 0 Å². The number of carbonyl (C=O) groups is 1. The van der Waals surface area contributed by atoms with E-state index in [1.165, 1.54) is 13.0 Å². The zero-order valence-electron chi connectivity index (χ0n) is 8.82. The van der Waals surface area contributed by atoms with E-state index in [1.54, 1.807) is 6.07 Å². The Hall–Kier alpha value is -1.18. The Bertz CT molecular complexity index is 445. The molecule has 0 saturated heterocycles. The lowest BCUT2D eigenvalue weighted by Crippen LogP contribution is -2.04. The van der Waals surface area contributed by atoms with Crippen LogP contribution in [0.2, 0.25) is 0 Å². The predicted octanol–water partition coefficient (Wildman–Crippen LogP) is 2.80. The highest BCUT2D eigenvalue weighted by molar-refractivity contribution is 14.1. The molecular weight excluding hydrogens is 325 g/mol. The van der Waals surface area contributed by atoms with Gasteiger partial charge in [-0.1, -0.05) is 0 Å². The van der Waals surface area contributed by atoms with Crippen molar-refractivity contribution in [1.82, 2.24) is 0 Å². The molecule has 0 spiro atoms. The third-order valence-corrected chi connectivity index (χ3v) is 2.73. The van der Waals surface area contributed by atoms with Crippen LogP contribution in [-0.4, -0.2) is 17.3 Å². The van der Waals surface area contributed by atoms with E-state index in [2.05, 4.69) is 0 Å². The van der Waals surface area contributed by atoms with Crippen LogP contribution >= 0.6 is 22.6 Å². The Kier molecular flexibility index (Phi) is 4.22. The van der Waals surface area contributed by atoms with Gasteiger partial charge in [0.1, 0.15) is 5.75 Å². The van der Waals surface area contributed by atoms with Crippen LogP contribution in [-0.2, 0) is 0 Å². The first-order valence-corrected chi connectivity index (χ1v) is 5.67. The summed E-state index contributed by atoms with van der Waals surface area (Å²) in [4.78, 5) is 21.6. The van der Waals surface area contributed by atoms with Crippen LogP contribution in [0.1, 0.15) is 24.2 Å². The number of halogens is 1. The smallest absolute Gasteiger partial charge is 0.293 e. The number of Topliss-reactive ketones (excluding diaryl/α,β-unsaturated/α-hetero) is 1. The molecule has 0 aliphatic rings. The van der Waals surface area contributed by atoms with Crippen molar-refractivity contribution in [1.29, 1.82) is 0 Å². The van der Waals surface area contributed by atoms with E-state index in [1.807, 2.05) is 29.5 Å². The molecule has 6 heteroatoms. The topological polar surface area (TPSA) is 69.4 Å². The zero-order valence-corrected chi connectivity index (χ0v) is 11.0. The number of nitro groups is 1. The van der Waals surface area contributed by atoms with Gasteiger partial charge in [0.05, 0.1) is 20.7 Å². The quantitative estimate of drug-likeness (QED) is 0.367. The van der Waals surface area contributed by atoms with Crippen molar-refractivity contribution < 1.29 is 14.5 Å². The summed E-state index contributed by atoms with van der Waals surface area (Å²) in [6.07, 6.45) is 0. The minimum atomic E-state index is -0.547. The molecule has 0 bridgehead atoms. The average Bonchev–Trinajstić information content (AvgIpc) is 2.16. The van der Waals surface area contributed by atoms with Gasteiger partial charge < -0.3 is 4.74 Å². The number of nitrogens with zero attached hydrogens (tertiary/aromatic N) is 1. The van der Waals surface area contributed by atoms with Crippen LogP contribution in [0, 0.1) is 13.7 Å². The van der Waals surface area contributed by atoms with Crippen molar-refractivity contribution in [3.63, 3.8) is 0 Å². The fraction of sp³-hybridized carbons (Fsp3) is 0.300. The van der Waals surface area contributed by atoms with Gasteiger partial charge in [0, 0.05) is 6.07 Å². The molecule has 16 heavy (non-hydrogen) atoms. The number of carbonyl (C=O) groups excluding carboxylic acids is 1. The Morgan fingerprint density at radius 3 is 2.62 bits per heavy atom. The van der Waals surface area contributed by atoms with E-state index in [4.69, 9.17) is 4.74 Å². The molecule has 86 valence electrons. The van der Waals surface area contributed by atoms with Gasteiger partial charge in [-0.2, -0.15) is 0 Å². The number of rotatable bonds is 4. The lowest BCUT2D eigenvalue weighted by molar-refractivity contribution is -0.386. The van der Waals surface area contributed by atoms with Crippen molar-refractivity contribution in [2.75, 3.05) is 6.61 Å². The maximum atomic E-state index is 11.3. The van der Waals surface area contributed by atoms with E-state index in [9.17, 15) is 14.9 Å². The van der Waals surface area contributed by atoms with Crippen molar-refractivity contribution in [2.45, 2.75) is 13.8 Å². The highest BCUT2D eigenvalue weighted by Crippen LogP contribution is 2.30. The van der Waals surface area contributed by atoms with E-state index in [0.29, 0.717) is 15.9 Å². The third-order valence-electron chi connectivity index (χ3n) is 1.91. The van der Waals surface area contributed by atoms with E-state index < -0.39 is 4.92 Å². The molecule has 0 aliphatic heterocycles. The van der Waals surface area contributed by atoms with Gasteiger partial charge in [-0.25, -0.2) is 0 Å². The summed E-state index contributed by atoms with van der Waals surface area (Å²) >= 11 is 1.83. The standard InChI is InChI=1S/C10H10INO4/c1-3-16-7-4-8(6(2)13)10(12(14)15)9(11)5-7/h4-5H,3H2,1-2H3. The van der Waals surface area contributed by atoms with Crippen LogP contribution < -0.4 is 4.74 Å². The number of benzene rings is 1. The molecule has 0 amide bonds. The fourth-order valence-corrected chi connectivity index (χ4v) is 2.07. The fourth-order valence-electron chi connectivity index (χ4n) is 1.28. The molecule has 1 aromatic rings. The summed E-state index contributed by atoms with van der Waals surface area (Å²) in [5.41, 5.74) is -0.0723. The first kappa shape index (κ1) is 12.9. The molecule has 1 rings (SSSR count). The van der Waals surface area contributed by atoms with E-state index in [-0.39, 0.29) is 17.0 Å². The Labute approximate surface area is 106 Å². The zero-order chi connectivity index (χ0) is 12.3. The first-order valence-electron chi connectivity index (χ1n) is 4.59. The molecule has 0 radical (unpaired) electrons. The summed E-state index contributed by atoms with van der Waals surface area (Å²) in [5.74, 6) is 0.133. The van der Waals surface area contributed by atoms with Crippen LogP contribution in [0.15, 0.2) is 12.1 Å². The summed E-state index contributed by atoms with van der Waals surface area (Å²) in [5, 5.41) is 10.8. The molecule has 5 nitrogen and oxygen atoms in total. The SMILES string of the molecule is CCOc1cc(I)c([N+](=O)[O-])c(C(C)=O)c1. The summed E-state index contributed by atoms with van der Waals surface area (Å²) in [6, 6.07) is 2.96. The second-order valence-corrected chi connectivity index (χ2v) is 4.21. The normalized spacial score (nSPS) is 9.94. The maximum Gasteiger partial charge on any atom is 0.293 e. The number of hydrogen-bond donors (Lipinski definition) is 0. The molecule has 0 saturated carbocycles. The number of ether oxygens (including phenoxy) is 1. The van der Waals surface area contributed by atoms with Gasteiger partial charge in [-0.05, 0) is 42.5 Å². The Morgan fingerprint density at radius 1 is 1.56 bits per heavy atom. The van der Waals surface area contributed by atoms with Gasteiger partial charge >= 0.3 is 0 Å². The second-order valence-electron chi connectivity index (χ2n) is 3.05. The van der Waals surface area contributed by atoms with Gasteiger partial charge in [-0.3, -0.25) is 14.9 Å². The Balaban J connectivity index is 3.39. The summed E-state index contributed by atoms with van der Waals surface area (Å²) in [7, 11) is 0. The van der Waals surface area contributed by atoms with Gasteiger partial charge in [0.25, 0.3) is 5.69 Å². The van der Waals surface area contributed by atoms with Gasteiger partial charge in [0.2, 0.25) is 0 Å². The van der Waals surface area contributed by atoms with Crippen molar-refractivity contribution in [2.24, 2.45) is 0 Å². The molecule has 0 heterocycles. The van der Waals surface area contributed by atoms with Gasteiger partial charge in [-0.15, -0.1) is 0 Å². The molecule has 0 atom stereocenters. The number of hydrogen-bond acceptors (Lipinski definition) is 4. The molecule has 0 N–H and O–H groups in total. The lowest BCUT2D eigenvalue weighted by Gasteiger charge is -2.06. The monoisotopic (exact) mass is 335 g/mol. The van der Waals surface area contributed by atoms with Gasteiger partial charge in [0.15, 0.2) is 5.78 Å². The number of nitro benzene ring substituents is 1. The molecule has 0 fully saturated rings. The first-order chi connectivity index (χ1) is 7.47. The molecule has 0 aliphatic carbocycles. The van der Waals surface area contributed by atoms with Crippen LogP contribution in [0.25, 0.3) is 0 Å². The maximum absolute atomic E-state index is 11.3. The molecule has 0 unspecified atom stereocenters. The lowest BCUT2D eigenvalue weighted by atomic mass is 10.1. The summed E-state index contributed by atoms with van der Waals surface area (Å²) < 4.78 is 5.63. The third kappa shape index (κ3) is 2.69. The summed E-state index contributed by atoms with van der Waals surface area (Å²) in [6.45, 7) is 3.56. The van der Waals surface area contributed by atoms with Crippen LogP contribution in [0.4, 0.5) is 5.69 Å². The second kappa shape index (κ2) is 5.24. The van der Waals surface area contributed by atoms with Crippen molar-refractivity contribution >= 4 is 34.1 Å². The number of ketones is 1. The molecular formula is C10H10INO4.